The first-order valence-corrected chi connectivity index (χ1v) is 9.40. The maximum atomic E-state index is 12.1. The zero-order valence-corrected chi connectivity index (χ0v) is 14.2. The second-order valence-electron chi connectivity index (χ2n) is 4.87. The zero-order chi connectivity index (χ0) is 15.9. The highest BCUT2D eigenvalue weighted by atomic mass is 35.5. The Kier molecular flexibility index (Phi) is 4.15. The van der Waals surface area contributed by atoms with Gasteiger partial charge in [-0.2, -0.15) is 0 Å². The molecular weight excluding hydrogens is 367 g/mol. The van der Waals surface area contributed by atoms with Crippen molar-refractivity contribution in [2.45, 2.75) is 23.0 Å². The Morgan fingerprint density at radius 2 is 2.05 bits per heavy atom. The molecule has 0 aromatic carbocycles. The molecule has 1 saturated carbocycles. The average Bonchev–Trinajstić information content (AvgIpc) is 3.19. The summed E-state index contributed by atoms with van der Waals surface area (Å²) in [5, 5.41) is 0.354. The Bertz CT molecular complexity index is 845. The van der Waals surface area contributed by atoms with Crippen LogP contribution in [-0.2, 0) is 10.0 Å². The lowest BCUT2D eigenvalue weighted by molar-refractivity contribution is 0.0981. The molecule has 2 aromatic heterocycles. The van der Waals surface area contributed by atoms with Gasteiger partial charge in [0, 0.05) is 6.20 Å². The summed E-state index contributed by atoms with van der Waals surface area (Å²) in [6, 6.07) is 4.40. The lowest BCUT2D eigenvalue weighted by Gasteiger charge is -2.07. The molecule has 1 aliphatic carbocycles. The monoisotopic (exact) mass is 376 g/mol. The maximum Gasteiger partial charge on any atom is 0.273 e. The van der Waals surface area contributed by atoms with Crippen LogP contribution in [0.1, 0.15) is 34.7 Å². The molecule has 0 saturated heterocycles. The van der Waals surface area contributed by atoms with Crippen LogP contribution in [0.5, 0.6) is 0 Å². The van der Waals surface area contributed by atoms with Crippen LogP contribution < -0.4 is 4.72 Å². The van der Waals surface area contributed by atoms with Gasteiger partial charge in [0.1, 0.15) is 9.36 Å². The van der Waals surface area contributed by atoms with Crippen LogP contribution >= 0.6 is 34.5 Å². The predicted octanol–water partition coefficient (Wildman–Crippen LogP) is 3.45. The highest BCUT2D eigenvalue weighted by Crippen LogP contribution is 2.42. The Morgan fingerprint density at radius 3 is 2.64 bits per heavy atom. The summed E-state index contributed by atoms with van der Waals surface area (Å²) < 4.78 is 26.5. The van der Waals surface area contributed by atoms with Gasteiger partial charge in [0.25, 0.3) is 15.9 Å². The van der Waals surface area contributed by atoms with Crippen LogP contribution in [0.25, 0.3) is 0 Å². The lowest BCUT2D eigenvalue weighted by atomic mass is 10.1. The fourth-order valence-electron chi connectivity index (χ4n) is 1.94. The fraction of sp³-hybridized carbons (Fsp3) is 0.231. The molecule has 1 N–H and O–H groups in total. The SMILES string of the molecule is O=C(NS(=O)(=O)c1ccc(Cl)s1)c1cnc(Cl)c(C2CC2)c1. The second kappa shape index (κ2) is 5.81. The third-order valence-corrected chi connectivity index (χ3v) is 6.56. The smallest absolute Gasteiger partial charge is 0.268 e. The van der Waals surface area contributed by atoms with Crippen molar-refractivity contribution in [2.24, 2.45) is 0 Å². The number of rotatable bonds is 4. The van der Waals surface area contributed by atoms with Gasteiger partial charge in [-0.25, -0.2) is 18.1 Å². The van der Waals surface area contributed by atoms with E-state index in [0.29, 0.717) is 15.4 Å². The van der Waals surface area contributed by atoms with Crippen molar-refractivity contribution in [3.63, 3.8) is 0 Å². The number of halogens is 2. The molecule has 116 valence electrons. The number of carbonyl (C=O) groups is 1. The van der Waals surface area contributed by atoms with E-state index < -0.39 is 15.9 Å². The molecule has 0 aliphatic heterocycles. The maximum absolute atomic E-state index is 12.1. The van der Waals surface area contributed by atoms with Gasteiger partial charge in [0.2, 0.25) is 0 Å². The highest BCUT2D eigenvalue weighted by molar-refractivity contribution is 7.92. The summed E-state index contributed by atoms with van der Waals surface area (Å²) in [7, 11) is -3.94. The quantitative estimate of drug-likeness (QED) is 0.829. The van der Waals surface area contributed by atoms with Gasteiger partial charge < -0.3 is 0 Å². The molecule has 1 aliphatic rings. The standard InChI is InChI=1S/C13H10Cl2N2O3S2/c14-10-3-4-11(21-10)22(19,20)17-13(18)8-5-9(7-1-2-7)12(15)16-6-8/h3-7H,1-2H2,(H,17,18). The van der Waals surface area contributed by atoms with E-state index in [4.69, 9.17) is 23.2 Å². The van der Waals surface area contributed by atoms with Crippen LogP contribution in [0.3, 0.4) is 0 Å². The third kappa shape index (κ3) is 3.27. The molecule has 1 amide bonds. The molecule has 5 nitrogen and oxygen atoms in total. The number of amides is 1. The first-order chi connectivity index (χ1) is 10.4. The van der Waals surface area contributed by atoms with Crippen LogP contribution in [0, 0.1) is 0 Å². The molecule has 0 spiro atoms. The van der Waals surface area contributed by atoms with Crippen molar-refractivity contribution in [3.8, 4) is 0 Å². The Balaban J connectivity index is 1.84. The number of aromatic nitrogens is 1. The molecule has 2 aromatic rings. The van der Waals surface area contributed by atoms with Gasteiger partial charge in [0.05, 0.1) is 9.90 Å². The summed E-state index contributed by atoms with van der Waals surface area (Å²) in [5.74, 6) is -0.434. The van der Waals surface area contributed by atoms with E-state index in [9.17, 15) is 13.2 Å². The first kappa shape index (κ1) is 15.7. The number of thiophene rings is 1. The van der Waals surface area contributed by atoms with Crippen molar-refractivity contribution in [2.75, 3.05) is 0 Å². The summed E-state index contributed by atoms with van der Waals surface area (Å²) in [6.45, 7) is 0. The van der Waals surface area contributed by atoms with Crippen LogP contribution in [0.2, 0.25) is 9.49 Å². The zero-order valence-electron chi connectivity index (χ0n) is 11.0. The Labute approximate surface area is 141 Å². The normalized spacial score (nSPS) is 14.8. The third-order valence-electron chi connectivity index (χ3n) is 3.19. The van der Waals surface area contributed by atoms with Crippen molar-refractivity contribution in [1.82, 2.24) is 9.71 Å². The lowest BCUT2D eigenvalue weighted by Crippen LogP contribution is -2.30. The summed E-state index contributed by atoms with van der Waals surface area (Å²) >= 11 is 12.6. The van der Waals surface area contributed by atoms with Gasteiger partial charge in [0.15, 0.2) is 0 Å². The minimum absolute atomic E-state index is 0.0183. The molecule has 0 unspecified atom stereocenters. The number of hydrogen-bond acceptors (Lipinski definition) is 5. The van der Waals surface area contributed by atoms with Crippen molar-refractivity contribution >= 4 is 50.5 Å². The summed E-state index contributed by atoms with van der Waals surface area (Å²) in [5.41, 5.74) is 0.948. The predicted molar refractivity (Wildman–Crippen MR) is 85.2 cm³/mol. The average molecular weight is 377 g/mol. The number of carbonyl (C=O) groups excluding carboxylic acids is 1. The Morgan fingerprint density at radius 1 is 1.32 bits per heavy atom. The van der Waals surface area contributed by atoms with E-state index in [1.54, 1.807) is 6.07 Å². The van der Waals surface area contributed by atoms with Crippen LogP contribution in [0.15, 0.2) is 28.6 Å². The summed E-state index contributed by atoms with van der Waals surface area (Å²) in [6.07, 6.45) is 3.26. The highest BCUT2D eigenvalue weighted by Gasteiger charge is 2.28. The number of pyridine rings is 1. The molecule has 9 heteroatoms. The number of nitrogens with one attached hydrogen (secondary N) is 1. The molecule has 0 bridgehead atoms. The van der Waals surface area contributed by atoms with Gasteiger partial charge in [-0.05, 0) is 42.5 Å². The van der Waals surface area contributed by atoms with Gasteiger partial charge >= 0.3 is 0 Å². The van der Waals surface area contributed by atoms with Gasteiger partial charge in [-0.1, -0.05) is 23.2 Å². The number of sulfonamides is 1. The molecule has 2 heterocycles. The van der Waals surface area contributed by atoms with Crippen LogP contribution in [0.4, 0.5) is 0 Å². The second-order valence-corrected chi connectivity index (χ2v) is 8.85. The number of nitrogens with zero attached hydrogens (tertiary/aromatic N) is 1. The van der Waals surface area contributed by atoms with Crippen molar-refractivity contribution < 1.29 is 13.2 Å². The van der Waals surface area contributed by atoms with E-state index in [-0.39, 0.29) is 9.77 Å². The van der Waals surface area contributed by atoms with Crippen LogP contribution in [-0.4, -0.2) is 19.3 Å². The number of hydrogen-bond donors (Lipinski definition) is 1. The molecule has 3 rings (SSSR count). The minimum Gasteiger partial charge on any atom is -0.268 e. The van der Waals surface area contributed by atoms with Gasteiger partial charge in [-0.15, -0.1) is 11.3 Å². The molecular formula is C13H10Cl2N2O3S2. The Hall–Kier alpha value is -1.15. The van der Waals surface area contributed by atoms with E-state index >= 15 is 0 Å². The summed E-state index contributed by atoms with van der Waals surface area (Å²) in [4.78, 5) is 16.1. The van der Waals surface area contributed by atoms with E-state index in [0.717, 1.165) is 29.7 Å². The van der Waals surface area contributed by atoms with E-state index in [1.165, 1.54) is 18.3 Å². The van der Waals surface area contributed by atoms with Crippen molar-refractivity contribution in [3.05, 3.63) is 45.0 Å². The molecule has 22 heavy (non-hydrogen) atoms. The largest absolute Gasteiger partial charge is 0.273 e. The molecule has 0 atom stereocenters. The first-order valence-electron chi connectivity index (χ1n) is 6.35. The minimum atomic E-state index is -3.94. The van der Waals surface area contributed by atoms with E-state index in [1.807, 2.05) is 4.72 Å². The van der Waals surface area contributed by atoms with E-state index in [2.05, 4.69) is 4.98 Å². The fourth-order valence-corrected chi connectivity index (χ4v) is 4.66. The molecule has 1 fully saturated rings. The van der Waals surface area contributed by atoms with Gasteiger partial charge in [-0.3, -0.25) is 4.79 Å². The molecule has 0 radical (unpaired) electrons. The van der Waals surface area contributed by atoms with Crippen molar-refractivity contribution in [1.29, 1.82) is 0 Å². The topological polar surface area (TPSA) is 76.1 Å².